The van der Waals surface area contributed by atoms with Gasteiger partial charge in [0.1, 0.15) is 24.6 Å². The number of carbonyl (C=O) groups excluding carboxylic acids is 3. The van der Waals surface area contributed by atoms with E-state index >= 15 is 0 Å². The molecule has 4 rings (SSSR count). The van der Waals surface area contributed by atoms with Gasteiger partial charge in [-0.2, -0.15) is 8.42 Å². The fourth-order valence-electron chi connectivity index (χ4n) is 4.61. The van der Waals surface area contributed by atoms with Crippen LogP contribution >= 0.6 is 0 Å². The Kier molecular flexibility index (Phi) is 9.98. The zero-order valence-corrected chi connectivity index (χ0v) is 25.5. The van der Waals surface area contributed by atoms with Crippen molar-refractivity contribution in [3.05, 3.63) is 53.1 Å². The average Bonchev–Trinajstić information content (AvgIpc) is 3.02. The lowest BCUT2D eigenvalue weighted by atomic mass is 9.92. The summed E-state index contributed by atoms with van der Waals surface area (Å²) < 4.78 is 54.6. The van der Waals surface area contributed by atoms with Crippen LogP contribution in [0.3, 0.4) is 0 Å². The highest BCUT2D eigenvalue weighted by Crippen LogP contribution is 2.40. The molecule has 0 aliphatic carbocycles. The molecule has 0 unspecified atom stereocenters. The van der Waals surface area contributed by atoms with Crippen molar-refractivity contribution >= 4 is 28.0 Å². The van der Waals surface area contributed by atoms with Crippen molar-refractivity contribution in [2.45, 2.75) is 30.2 Å². The summed E-state index contributed by atoms with van der Waals surface area (Å²) >= 11 is 0. The SMILES string of the molecule is O=C(OC[C@H]1O[C@](CS(=O)(=O)O)(OC(=O)c2cc(O)c(O)c(O)c2)[C@H](O)[C@@H](OC(=O)c2cc(O)c(O)c(O)c2)[C@@H]1O)c1cc(O)c(O)c(O)c1. The molecule has 1 aliphatic heterocycles. The first-order valence-electron chi connectivity index (χ1n) is 13.5. The van der Waals surface area contributed by atoms with Crippen LogP contribution in [-0.4, -0.2) is 130 Å². The van der Waals surface area contributed by atoms with E-state index in [-0.39, 0.29) is 0 Å². The summed E-state index contributed by atoms with van der Waals surface area (Å²) in [5.41, 5.74) is -2.19. The maximum absolute atomic E-state index is 13.2. The number of rotatable bonds is 9. The number of phenolic OH excluding ortho intramolecular Hbond substituents is 9. The van der Waals surface area contributed by atoms with Gasteiger partial charge in [0.05, 0.1) is 16.7 Å². The van der Waals surface area contributed by atoms with Crippen LogP contribution in [0, 0.1) is 0 Å². The van der Waals surface area contributed by atoms with E-state index in [1.165, 1.54) is 0 Å². The number of hydrogen-bond donors (Lipinski definition) is 12. The summed E-state index contributed by atoms with van der Waals surface area (Å²) in [6, 6.07) is 3.41. The molecule has 1 heterocycles. The maximum atomic E-state index is 13.2. The van der Waals surface area contributed by atoms with Gasteiger partial charge in [-0.05, 0) is 36.4 Å². The third-order valence-corrected chi connectivity index (χ3v) is 7.78. The van der Waals surface area contributed by atoms with Gasteiger partial charge in [0.2, 0.25) is 0 Å². The second-order valence-corrected chi connectivity index (χ2v) is 12.0. The fraction of sp³-hybridized carbons (Fsp3) is 0.250. The van der Waals surface area contributed by atoms with E-state index in [1.807, 2.05) is 0 Å². The van der Waals surface area contributed by atoms with Gasteiger partial charge in [-0.25, -0.2) is 14.4 Å². The molecular formula is C28H26O21S. The normalized spacial score (nSPS) is 22.0. The quantitative estimate of drug-likeness (QED) is 0.0542. The van der Waals surface area contributed by atoms with Gasteiger partial charge in [-0.15, -0.1) is 0 Å². The molecule has 1 aliphatic rings. The Morgan fingerprint density at radius 3 is 1.44 bits per heavy atom. The van der Waals surface area contributed by atoms with Crippen molar-refractivity contribution < 1.29 is 102 Å². The van der Waals surface area contributed by atoms with Crippen molar-refractivity contribution in [3.8, 4) is 51.7 Å². The average molecular weight is 731 g/mol. The molecule has 1 saturated heterocycles. The second-order valence-electron chi connectivity index (χ2n) is 10.6. The lowest BCUT2D eigenvalue weighted by Gasteiger charge is -2.47. The molecule has 0 bridgehead atoms. The van der Waals surface area contributed by atoms with Crippen molar-refractivity contribution in [1.82, 2.24) is 0 Å². The van der Waals surface area contributed by atoms with Crippen LogP contribution in [-0.2, 0) is 29.1 Å². The second kappa shape index (κ2) is 13.5. The molecule has 1 fully saturated rings. The zero-order chi connectivity index (χ0) is 37.5. The lowest BCUT2D eigenvalue weighted by molar-refractivity contribution is -0.335. The maximum Gasteiger partial charge on any atom is 0.341 e. The number of hydrogen-bond acceptors (Lipinski definition) is 20. The molecule has 0 amide bonds. The van der Waals surface area contributed by atoms with Crippen LogP contribution in [0.15, 0.2) is 36.4 Å². The van der Waals surface area contributed by atoms with Gasteiger partial charge in [-0.3, -0.25) is 4.55 Å². The number of esters is 3. The summed E-state index contributed by atoms with van der Waals surface area (Å²) in [5, 5.41) is 110. The Morgan fingerprint density at radius 1 is 0.660 bits per heavy atom. The molecule has 50 heavy (non-hydrogen) atoms. The summed E-state index contributed by atoms with van der Waals surface area (Å²) in [5.74, 6) is -19.5. The first-order chi connectivity index (χ1) is 23.1. The van der Waals surface area contributed by atoms with Gasteiger partial charge in [-0.1, -0.05) is 0 Å². The molecule has 5 atom stereocenters. The van der Waals surface area contributed by atoms with Crippen LogP contribution in [0.4, 0.5) is 0 Å². The molecule has 0 radical (unpaired) electrons. The van der Waals surface area contributed by atoms with Crippen LogP contribution in [0.1, 0.15) is 31.1 Å². The molecule has 0 spiro atoms. The Labute approximate surface area is 277 Å². The van der Waals surface area contributed by atoms with Gasteiger partial charge < -0.3 is 75.1 Å². The van der Waals surface area contributed by atoms with Crippen molar-refractivity contribution in [2.24, 2.45) is 0 Å². The van der Waals surface area contributed by atoms with Gasteiger partial charge in [0.25, 0.3) is 15.9 Å². The Hall–Kier alpha value is -5.94. The number of benzene rings is 3. The third-order valence-electron chi connectivity index (χ3n) is 7.02. The minimum atomic E-state index is -5.42. The van der Waals surface area contributed by atoms with Crippen molar-refractivity contribution in [1.29, 1.82) is 0 Å². The smallest absolute Gasteiger partial charge is 0.341 e. The molecule has 3 aromatic rings. The Morgan fingerprint density at radius 2 is 1.04 bits per heavy atom. The molecule has 0 aromatic heterocycles. The fourth-order valence-corrected chi connectivity index (χ4v) is 5.42. The lowest BCUT2D eigenvalue weighted by Crippen LogP contribution is -2.69. The highest BCUT2D eigenvalue weighted by molar-refractivity contribution is 7.85. The first-order valence-corrected chi connectivity index (χ1v) is 15.1. The van der Waals surface area contributed by atoms with E-state index in [0.29, 0.717) is 36.4 Å². The predicted molar refractivity (Wildman–Crippen MR) is 155 cm³/mol. The van der Waals surface area contributed by atoms with Gasteiger partial charge in [0.15, 0.2) is 64.0 Å². The van der Waals surface area contributed by atoms with Crippen LogP contribution in [0.2, 0.25) is 0 Å². The summed E-state index contributed by atoms with van der Waals surface area (Å²) in [6.07, 6.45) is -9.82. The summed E-state index contributed by atoms with van der Waals surface area (Å²) in [6.45, 7) is -1.21. The topological polar surface area (TPSA) is 365 Å². The van der Waals surface area contributed by atoms with E-state index in [2.05, 4.69) is 0 Å². The number of aliphatic hydroxyl groups is 2. The molecule has 3 aromatic carbocycles. The zero-order valence-electron chi connectivity index (χ0n) is 24.6. The van der Waals surface area contributed by atoms with Crippen molar-refractivity contribution in [3.63, 3.8) is 0 Å². The minimum absolute atomic E-state index is 0.506. The molecule has 0 saturated carbocycles. The molecule has 22 heteroatoms. The number of phenols is 9. The Balaban J connectivity index is 1.77. The van der Waals surface area contributed by atoms with Gasteiger partial charge >= 0.3 is 17.9 Å². The number of ether oxygens (including phenoxy) is 4. The van der Waals surface area contributed by atoms with E-state index in [0.717, 1.165) is 0 Å². The van der Waals surface area contributed by atoms with Crippen molar-refractivity contribution in [2.75, 3.05) is 12.4 Å². The molecular weight excluding hydrogens is 704 g/mol. The first kappa shape index (κ1) is 36.9. The van der Waals surface area contributed by atoms with E-state index in [4.69, 9.17) is 18.9 Å². The van der Waals surface area contributed by atoms with Crippen LogP contribution < -0.4 is 0 Å². The van der Waals surface area contributed by atoms with E-state index < -0.39 is 139 Å². The minimum Gasteiger partial charge on any atom is -0.504 e. The highest BCUT2D eigenvalue weighted by atomic mass is 32.2. The van der Waals surface area contributed by atoms with E-state index in [1.54, 1.807) is 0 Å². The highest BCUT2D eigenvalue weighted by Gasteiger charge is 2.60. The van der Waals surface area contributed by atoms with E-state index in [9.17, 15) is 83.5 Å². The summed E-state index contributed by atoms with van der Waals surface area (Å²) in [7, 11) is -5.42. The number of aromatic hydroxyl groups is 9. The summed E-state index contributed by atoms with van der Waals surface area (Å²) in [4.78, 5) is 38.9. The third kappa shape index (κ3) is 7.53. The van der Waals surface area contributed by atoms with Gasteiger partial charge in [0, 0.05) is 0 Å². The molecule has 270 valence electrons. The standard InChI is InChI=1S/C28H26O21S/c29-12-1-9(2-13(30)19(12)35)25(40)46-7-18-22(38)23(47-26(41)10-3-14(31)20(36)15(32)4-10)24(39)28(48-18,8-50(43,44)45)49-27(42)11-5-16(33)21(37)17(34)6-11/h1-6,18,22-24,29-39H,7-8H2,(H,43,44,45)/t18-,22-,23+,24-,28-/m1/s1. The number of carbonyl (C=O) groups is 3. The monoisotopic (exact) mass is 730 g/mol. The Bertz CT molecular complexity index is 1890. The van der Waals surface area contributed by atoms with Crippen LogP contribution in [0.5, 0.6) is 51.7 Å². The molecule has 21 nitrogen and oxygen atoms in total. The van der Waals surface area contributed by atoms with Crippen LogP contribution in [0.25, 0.3) is 0 Å². The predicted octanol–water partition coefficient (Wildman–Crippen LogP) is -1.02. The number of aliphatic hydroxyl groups excluding tert-OH is 2. The largest absolute Gasteiger partial charge is 0.504 e. The molecule has 12 N–H and O–H groups in total.